The highest BCUT2D eigenvalue weighted by Gasteiger charge is 2.36. The van der Waals surface area contributed by atoms with Crippen LogP contribution in [0.1, 0.15) is 18.9 Å². The number of nitrogens with zero attached hydrogens (tertiary/aromatic N) is 1. The summed E-state index contributed by atoms with van der Waals surface area (Å²) in [5.74, 6) is -0.559. The van der Waals surface area contributed by atoms with Crippen molar-refractivity contribution < 1.29 is 14.3 Å². The van der Waals surface area contributed by atoms with Gasteiger partial charge in [-0.05, 0) is 24.6 Å². The summed E-state index contributed by atoms with van der Waals surface area (Å²) in [5, 5.41) is 0. The Bertz CT molecular complexity index is 751. The lowest BCUT2D eigenvalue weighted by Gasteiger charge is -2.21. The Morgan fingerprint density at radius 2 is 1.65 bits per heavy atom. The van der Waals surface area contributed by atoms with Crippen LogP contribution in [0.5, 0.6) is 0 Å². The van der Waals surface area contributed by atoms with Crippen molar-refractivity contribution in [2.24, 2.45) is 0 Å². The fourth-order valence-electron chi connectivity index (χ4n) is 2.71. The zero-order valence-corrected chi connectivity index (χ0v) is 12.9. The molecule has 0 unspecified atom stereocenters. The minimum Gasteiger partial charge on any atom is -0.463 e. The average Bonchev–Trinajstić information content (AvgIpc) is 2.94. The van der Waals surface area contributed by atoms with E-state index >= 15 is 0 Å². The summed E-state index contributed by atoms with van der Waals surface area (Å²) in [6.07, 6.45) is 0.0535. The number of para-hydroxylation sites is 1. The van der Waals surface area contributed by atoms with E-state index in [-0.39, 0.29) is 18.9 Å². The van der Waals surface area contributed by atoms with Crippen molar-refractivity contribution in [1.29, 1.82) is 0 Å². The van der Waals surface area contributed by atoms with Gasteiger partial charge in [0.15, 0.2) is 0 Å². The molecule has 1 heterocycles. The van der Waals surface area contributed by atoms with Crippen molar-refractivity contribution in [1.82, 2.24) is 0 Å². The first-order valence-electron chi connectivity index (χ1n) is 7.56. The van der Waals surface area contributed by atoms with Gasteiger partial charge in [0, 0.05) is 5.69 Å². The Hall–Kier alpha value is -2.88. The Balaban J connectivity index is 2.14. The normalized spacial score (nSPS) is 14.3. The van der Waals surface area contributed by atoms with E-state index in [2.05, 4.69) is 0 Å². The molecule has 0 N–H and O–H groups in total. The Morgan fingerprint density at radius 3 is 2.26 bits per heavy atom. The number of carbonyl (C=O) groups excluding carboxylic acids is 2. The molecule has 116 valence electrons. The first-order chi connectivity index (χ1) is 11.2. The second-order valence-electron chi connectivity index (χ2n) is 5.16. The molecule has 0 saturated carbocycles. The van der Waals surface area contributed by atoms with Crippen LogP contribution in [0.4, 0.5) is 5.69 Å². The van der Waals surface area contributed by atoms with Crippen molar-refractivity contribution in [2.45, 2.75) is 13.3 Å². The van der Waals surface area contributed by atoms with Crippen LogP contribution in [-0.2, 0) is 14.3 Å². The van der Waals surface area contributed by atoms with E-state index in [1.807, 2.05) is 60.7 Å². The highest BCUT2D eigenvalue weighted by molar-refractivity contribution is 6.19. The third kappa shape index (κ3) is 2.88. The van der Waals surface area contributed by atoms with Gasteiger partial charge in [-0.25, -0.2) is 4.79 Å². The second-order valence-corrected chi connectivity index (χ2v) is 5.16. The lowest BCUT2D eigenvalue weighted by molar-refractivity contribution is -0.139. The SMILES string of the molecule is CCOC(=O)C1=C(c2ccccc2)N(c2ccccc2)C(=O)C1. The van der Waals surface area contributed by atoms with Crippen LogP contribution in [0.3, 0.4) is 0 Å². The maximum Gasteiger partial charge on any atom is 0.336 e. The summed E-state index contributed by atoms with van der Waals surface area (Å²) in [4.78, 5) is 26.4. The van der Waals surface area contributed by atoms with E-state index < -0.39 is 5.97 Å². The van der Waals surface area contributed by atoms with Gasteiger partial charge in [-0.15, -0.1) is 0 Å². The van der Waals surface area contributed by atoms with Crippen LogP contribution in [0, 0.1) is 0 Å². The monoisotopic (exact) mass is 307 g/mol. The molecule has 3 rings (SSSR count). The van der Waals surface area contributed by atoms with E-state index in [1.165, 1.54) is 0 Å². The number of carbonyl (C=O) groups is 2. The van der Waals surface area contributed by atoms with Crippen molar-refractivity contribution in [3.63, 3.8) is 0 Å². The van der Waals surface area contributed by atoms with E-state index in [0.717, 1.165) is 11.3 Å². The number of rotatable bonds is 4. The molecule has 2 aromatic rings. The van der Waals surface area contributed by atoms with Gasteiger partial charge in [0.2, 0.25) is 5.91 Å². The quantitative estimate of drug-likeness (QED) is 0.813. The zero-order chi connectivity index (χ0) is 16.2. The fraction of sp³-hybridized carbons (Fsp3) is 0.158. The minimum atomic E-state index is -0.432. The van der Waals surface area contributed by atoms with Crippen molar-refractivity contribution >= 4 is 23.3 Å². The number of anilines is 1. The molecular weight excluding hydrogens is 290 g/mol. The van der Waals surface area contributed by atoms with Crippen molar-refractivity contribution in [2.75, 3.05) is 11.5 Å². The number of amides is 1. The van der Waals surface area contributed by atoms with Crippen LogP contribution in [0.25, 0.3) is 5.70 Å². The molecular formula is C19H17NO3. The van der Waals surface area contributed by atoms with E-state index in [9.17, 15) is 9.59 Å². The summed E-state index contributed by atoms with van der Waals surface area (Å²) >= 11 is 0. The molecule has 1 aliphatic heterocycles. The maximum absolute atomic E-state index is 12.6. The second kappa shape index (κ2) is 6.48. The largest absolute Gasteiger partial charge is 0.463 e. The molecule has 4 nitrogen and oxygen atoms in total. The average molecular weight is 307 g/mol. The van der Waals surface area contributed by atoms with Gasteiger partial charge in [0.1, 0.15) is 0 Å². The summed E-state index contributed by atoms with van der Waals surface area (Å²) in [6.45, 7) is 2.04. The number of benzene rings is 2. The third-order valence-electron chi connectivity index (χ3n) is 3.67. The first-order valence-corrected chi connectivity index (χ1v) is 7.56. The first kappa shape index (κ1) is 15.0. The smallest absolute Gasteiger partial charge is 0.336 e. The van der Waals surface area contributed by atoms with Gasteiger partial charge in [-0.1, -0.05) is 48.5 Å². The summed E-state index contributed by atoms with van der Waals surface area (Å²) in [6, 6.07) is 18.8. The molecule has 0 aromatic heterocycles. The standard InChI is InChI=1S/C19H17NO3/c1-2-23-19(22)16-13-17(21)20(15-11-7-4-8-12-15)18(16)14-9-5-3-6-10-14/h3-12H,2,13H2,1H3. The Labute approximate surface area is 135 Å². The fourth-order valence-corrected chi connectivity index (χ4v) is 2.71. The summed E-state index contributed by atoms with van der Waals surface area (Å²) in [5.41, 5.74) is 2.59. The molecule has 0 fully saturated rings. The van der Waals surface area contributed by atoms with Gasteiger partial charge < -0.3 is 4.74 Å². The number of hydrogen-bond acceptors (Lipinski definition) is 3. The molecule has 0 saturated heterocycles. The van der Waals surface area contributed by atoms with E-state index in [4.69, 9.17) is 4.74 Å². The highest BCUT2D eigenvalue weighted by Crippen LogP contribution is 2.36. The van der Waals surface area contributed by atoms with Crippen molar-refractivity contribution in [3.8, 4) is 0 Å². The molecule has 0 bridgehead atoms. The predicted molar refractivity (Wildman–Crippen MR) is 88.5 cm³/mol. The molecule has 0 atom stereocenters. The number of esters is 1. The van der Waals surface area contributed by atoms with Crippen LogP contribution < -0.4 is 4.90 Å². The lowest BCUT2D eigenvalue weighted by Crippen LogP contribution is -2.23. The van der Waals surface area contributed by atoms with Gasteiger partial charge in [-0.2, -0.15) is 0 Å². The van der Waals surface area contributed by atoms with Crippen LogP contribution in [0.2, 0.25) is 0 Å². The van der Waals surface area contributed by atoms with E-state index in [1.54, 1.807) is 11.8 Å². The molecule has 0 radical (unpaired) electrons. The molecule has 0 spiro atoms. The minimum absolute atomic E-state index is 0.0535. The van der Waals surface area contributed by atoms with Gasteiger partial charge >= 0.3 is 5.97 Å². The molecule has 1 aliphatic rings. The number of ether oxygens (including phenoxy) is 1. The van der Waals surface area contributed by atoms with E-state index in [0.29, 0.717) is 11.3 Å². The maximum atomic E-state index is 12.6. The highest BCUT2D eigenvalue weighted by atomic mass is 16.5. The summed E-state index contributed by atoms with van der Waals surface area (Å²) < 4.78 is 5.13. The lowest BCUT2D eigenvalue weighted by atomic mass is 10.1. The molecule has 1 amide bonds. The molecule has 2 aromatic carbocycles. The Kier molecular flexibility index (Phi) is 4.24. The zero-order valence-electron chi connectivity index (χ0n) is 12.9. The number of hydrogen-bond donors (Lipinski definition) is 0. The molecule has 0 aliphatic carbocycles. The topological polar surface area (TPSA) is 46.6 Å². The predicted octanol–water partition coefficient (Wildman–Crippen LogP) is 3.40. The van der Waals surface area contributed by atoms with Crippen LogP contribution in [-0.4, -0.2) is 18.5 Å². The van der Waals surface area contributed by atoms with Crippen LogP contribution in [0.15, 0.2) is 66.2 Å². The van der Waals surface area contributed by atoms with Gasteiger partial charge in [0.05, 0.1) is 24.3 Å². The van der Waals surface area contributed by atoms with Gasteiger partial charge in [0.25, 0.3) is 0 Å². The Morgan fingerprint density at radius 1 is 1.04 bits per heavy atom. The van der Waals surface area contributed by atoms with Gasteiger partial charge in [-0.3, -0.25) is 9.69 Å². The third-order valence-corrected chi connectivity index (χ3v) is 3.67. The van der Waals surface area contributed by atoms with Crippen molar-refractivity contribution in [3.05, 3.63) is 71.8 Å². The molecule has 23 heavy (non-hydrogen) atoms. The summed E-state index contributed by atoms with van der Waals surface area (Å²) in [7, 11) is 0. The molecule has 4 heteroatoms. The van der Waals surface area contributed by atoms with Crippen LogP contribution >= 0.6 is 0 Å².